The minimum atomic E-state index is -0.0636. The van der Waals surface area contributed by atoms with E-state index >= 15 is 0 Å². The van der Waals surface area contributed by atoms with Gasteiger partial charge in [-0.3, -0.25) is 9.59 Å². The van der Waals surface area contributed by atoms with Crippen LogP contribution in [0.3, 0.4) is 0 Å². The summed E-state index contributed by atoms with van der Waals surface area (Å²) < 4.78 is 1.89. The minimum absolute atomic E-state index is 0.0636. The highest BCUT2D eigenvalue weighted by Gasteiger charge is 2.21. The van der Waals surface area contributed by atoms with Gasteiger partial charge in [-0.1, -0.05) is 29.8 Å². The molecule has 3 aromatic rings. The van der Waals surface area contributed by atoms with Crippen LogP contribution < -0.4 is 10.2 Å². The van der Waals surface area contributed by atoms with E-state index in [-0.39, 0.29) is 18.4 Å². The predicted octanol–water partition coefficient (Wildman–Crippen LogP) is 3.74. The molecule has 0 unspecified atom stereocenters. The van der Waals surface area contributed by atoms with Crippen molar-refractivity contribution in [2.45, 2.75) is 25.9 Å². The Kier molecular flexibility index (Phi) is 4.86. The fraction of sp³-hybridized carbons (Fsp3) is 0.238. The number of hydrogen-bond acceptors (Lipinski definition) is 2. The smallest absolute Gasteiger partial charge is 0.240 e. The van der Waals surface area contributed by atoms with Crippen LogP contribution in [0.15, 0.2) is 54.7 Å². The molecule has 4 rings (SSSR count). The summed E-state index contributed by atoms with van der Waals surface area (Å²) >= 11 is 6.06. The van der Waals surface area contributed by atoms with Crippen LogP contribution in [-0.4, -0.2) is 22.9 Å². The van der Waals surface area contributed by atoms with Crippen molar-refractivity contribution in [2.75, 3.05) is 11.4 Å². The van der Waals surface area contributed by atoms with Crippen molar-refractivity contribution in [2.24, 2.45) is 0 Å². The van der Waals surface area contributed by atoms with E-state index < -0.39 is 0 Å². The monoisotopic (exact) mass is 381 g/mol. The maximum atomic E-state index is 12.3. The summed E-state index contributed by atoms with van der Waals surface area (Å²) in [6.07, 6.45) is 3.43. The standard InChI is InChI=1S/C21H20ClN3O2/c22-17-6-5-16-9-11-24(19(16)12-17)14-20(26)23-13-15-3-7-18(8-4-15)25-10-1-2-21(25)27/h3-9,11-12H,1-2,10,13-14H2,(H,23,26). The van der Waals surface area contributed by atoms with Gasteiger partial charge in [0.1, 0.15) is 6.54 Å². The fourth-order valence-electron chi connectivity index (χ4n) is 3.42. The van der Waals surface area contributed by atoms with Gasteiger partial charge in [-0.05, 0) is 47.7 Å². The first-order valence-electron chi connectivity index (χ1n) is 9.00. The Hall–Kier alpha value is -2.79. The number of anilines is 1. The molecule has 1 aromatic heterocycles. The first kappa shape index (κ1) is 17.6. The summed E-state index contributed by atoms with van der Waals surface area (Å²) in [5, 5.41) is 4.65. The molecule has 138 valence electrons. The first-order chi connectivity index (χ1) is 13.1. The number of fused-ring (bicyclic) bond motifs is 1. The summed E-state index contributed by atoms with van der Waals surface area (Å²) in [5.74, 6) is 0.112. The average Bonchev–Trinajstić information content (AvgIpc) is 3.27. The lowest BCUT2D eigenvalue weighted by Gasteiger charge is -2.16. The van der Waals surface area contributed by atoms with Gasteiger partial charge in [0, 0.05) is 41.9 Å². The Morgan fingerprint density at radius 2 is 1.93 bits per heavy atom. The highest BCUT2D eigenvalue weighted by molar-refractivity contribution is 6.31. The van der Waals surface area contributed by atoms with Crippen LogP contribution in [0.4, 0.5) is 5.69 Å². The van der Waals surface area contributed by atoms with Gasteiger partial charge in [0.2, 0.25) is 11.8 Å². The number of rotatable bonds is 5. The van der Waals surface area contributed by atoms with Crippen LogP contribution in [0.25, 0.3) is 10.9 Å². The van der Waals surface area contributed by atoms with E-state index in [4.69, 9.17) is 11.6 Å². The lowest BCUT2D eigenvalue weighted by atomic mass is 10.2. The number of nitrogens with zero attached hydrogens (tertiary/aromatic N) is 2. The quantitative estimate of drug-likeness (QED) is 0.732. The SMILES string of the molecule is O=C(Cn1ccc2ccc(Cl)cc21)NCc1ccc(N2CCCC2=O)cc1. The summed E-state index contributed by atoms with van der Waals surface area (Å²) in [6.45, 7) is 1.47. The van der Waals surface area contributed by atoms with Crippen molar-refractivity contribution in [1.29, 1.82) is 0 Å². The van der Waals surface area contributed by atoms with E-state index in [9.17, 15) is 9.59 Å². The van der Waals surface area contributed by atoms with Gasteiger partial charge >= 0.3 is 0 Å². The molecule has 0 atom stereocenters. The summed E-state index contributed by atoms with van der Waals surface area (Å²) in [4.78, 5) is 25.9. The number of carbonyl (C=O) groups is 2. The van der Waals surface area contributed by atoms with Crippen molar-refractivity contribution in [3.8, 4) is 0 Å². The highest BCUT2D eigenvalue weighted by atomic mass is 35.5. The molecular weight excluding hydrogens is 362 g/mol. The first-order valence-corrected chi connectivity index (χ1v) is 9.38. The number of halogens is 1. The van der Waals surface area contributed by atoms with Crippen LogP contribution in [0.1, 0.15) is 18.4 Å². The normalized spacial score (nSPS) is 14.1. The van der Waals surface area contributed by atoms with E-state index in [1.165, 1.54) is 0 Å². The molecule has 2 amide bonds. The van der Waals surface area contributed by atoms with E-state index in [1.807, 2.05) is 64.2 Å². The second-order valence-electron chi connectivity index (χ2n) is 6.74. The van der Waals surface area contributed by atoms with Crippen LogP contribution in [0.2, 0.25) is 5.02 Å². The number of aromatic nitrogens is 1. The Morgan fingerprint density at radius 3 is 2.67 bits per heavy atom. The van der Waals surface area contributed by atoms with Gasteiger partial charge in [-0.2, -0.15) is 0 Å². The van der Waals surface area contributed by atoms with Crippen LogP contribution in [0.5, 0.6) is 0 Å². The Bertz CT molecular complexity index is 994. The number of hydrogen-bond donors (Lipinski definition) is 1. The molecule has 1 N–H and O–H groups in total. The van der Waals surface area contributed by atoms with Crippen LogP contribution >= 0.6 is 11.6 Å². The second kappa shape index (κ2) is 7.45. The summed E-state index contributed by atoms with van der Waals surface area (Å²) in [5.41, 5.74) is 2.86. The van der Waals surface area contributed by atoms with Gasteiger partial charge in [-0.25, -0.2) is 0 Å². The van der Waals surface area contributed by atoms with E-state index in [0.717, 1.165) is 35.1 Å². The van der Waals surface area contributed by atoms with Crippen molar-refractivity contribution in [1.82, 2.24) is 9.88 Å². The van der Waals surface area contributed by atoms with E-state index in [0.29, 0.717) is 18.0 Å². The zero-order chi connectivity index (χ0) is 18.8. The fourth-order valence-corrected chi connectivity index (χ4v) is 3.59. The third kappa shape index (κ3) is 3.83. The Morgan fingerprint density at radius 1 is 1.11 bits per heavy atom. The summed E-state index contributed by atoms with van der Waals surface area (Å²) in [7, 11) is 0. The number of carbonyl (C=O) groups excluding carboxylic acids is 2. The van der Waals surface area contributed by atoms with Gasteiger partial charge < -0.3 is 14.8 Å². The molecular formula is C21H20ClN3O2. The molecule has 0 radical (unpaired) electrons. The lowest BCUT2D eigenvalue weighted by molar-refractivity contribution is -0.121. The van der Waals surface area contributed by atoms with Gasteiger partial charge in [0.15, 0.2) is 0 Å². The van der Waals surface area contributed by atoms with Gasteiger partial charge in [0.25, 0.3) is 0 Å². The maximum Gasteiger partial charge on any atom is 0.240 e. The highest BCUT2D eigenvalue weighted by Crippen LogP contribution is 2.22. The maximum absolute atomic E-state index is 12.3. The summed E-state index contributed by atoms with van der Waals surface area (Å²) in [6, 6.07) is 15.4. The molecule has 27 heavy (non-hydrogen) atoms. The van der Waals surface area contributed by atoms with Crippen molar-refractivity contribution in [3.05, 3.63) is 65.3 Å². The molecule has 0 spiro atoms. The Balaban J connectivity index is 1.36. The third-order valence-electron chi connectivity index (χ3n) is 4.86. The number of benzene rings is 2. The van der Waals surface area contributed by atoms with Gasteiger partial charge in [-0.15, -0.1) is 0 Å². The van der Waals surface area contributed by atoms with E-state index in [1.54, 1.807) is 0 Å². The van der Waals surface area contributed by atoms with Crippen LogP contribution in [-0.2, 0) is 22.7 Å². The molecule has 5 nitrogen and oxygen atoms in total. The van der Waals surface area contributed by atoms with Gasteiger partial charge in [0.05, 0.1) is 0 Å². The molecule has 0 bridgehead atoms. The molecule has 2 aromatic carbocycles. The zero-order valence-corrected chi connectivity index (χ0v) is 15.6. The Labute approximate surface area is 162 Å². The van der Waals surface area contributed by atoms with Crippen LogP contribution in [0, 0.1) is 0 Å². The molecule has 0 saturated carbocycles. The second-order valence-corrected chi connectivity index (χ2v) is 7.18. The predicted molar refractivity (Wildman–Crippen MR) is 107 cm³/mol. The lowest BCUT2D eigenvalue weighted by Crippen LogP contribution is -2.27. The topological polar surface area (TPSA) is 54.3 Å². The largest absolute Gasteiger partial charge is 0.350 e. The number of nitrogens with one attached hydrogen (secondary N) is 1. The molecule has 0 aliphatic carbocycles. The van der Waals surface area contributed by atoms with E-state index in [2.05, 4.69) is 5.32 Å². The molecule has 6 heteroatoms. The number of amides is 2. The molecule has 1 saturated heterocycles. The molecule has 1 fully saturated rings. The average molecular weight is 382 g/mol. The van der Waals surface area contributed by atoms with Crippen molar-refractivity contribution in [3.63, 3.8) is 0 Å². The van der Waals surface area contributed by atoms with Crippen molar-refractivity contribution < 1.29 is 9.59 Å². The molecule has 1 aliphatic heterocycles. The molecule has 2 heterocycles. The minimum Gasteiger partial charge on any atom is -0.350 e. The zero-order valence-electron chi connectivity index (χ0n) is 14.8. The third-order valence-corrected chi connectivity index (χ3v) is 5.10. The van der Waals surface area contributed by atoms with Crippen molar-refractivity contribution >= 4 is 40.0 Å². The molecule has 1 aliphatic rings.